The van der Waals surface area contributed by atoms with Crippen molar-refractivity contribution < 1.29 is 0 Å². The summed E-state index contributed by atoms with van der Waals surface area (Å²) in [5.41, 5.74) is 1.26. The molecule has 1 N–H and O–H groups in total. The van der Waals surface area contributed by atoms with Gasteiger partial charge in [0.25, 0.3) is 0 Å². The van der Waals surface area contributed by atoms with E-state index in [2.05, 4.69) is 34.2 Å². The second kappa shape index (κ2) is 3.84. The Balaban J connectivity index is 2.44. The largest absolute Gasteiger partial charge is 0.308 e. The number of halogens is 2. The van der Waals surface area contributed by atoms with Crippen LogP contribution >= 0.6 is 27.5 Å². The highest BCUT2D eigenvalue weighted by atomic mass is 79.9. The van der Waals surface area contributed by atoms with E-state index in [-0.39, 0.29) is 5.54 Å². The maximum atomic E-state index is 6.21. The van der Waals surface area contributed by atoms with Gasteiger partial charge in [0.2, 0.25) is 0 Å². The molecule has 2 rings (SSSR count). The summed E-state index contributed by atoms with van der Waals surface area (Å²) in [5, 5.41) is 4.36. The molecule has 1 fully saturated rings. The van der Waals surface area contributed by atoms with Crippen molar-refractivity contribution in [1.29, 1.82) is 0 Å². The van der Waals surface area contributed by atoms with Crippen molar-refractivity contribution in [2.75, 3.05) is 6.54 Å². The average molecular weight is 275 g/mol. The van der Waals surface area contributed by atoms with Crippen LogP contribution in [0.25, 0.3) is 0 Å². The van der Waals surface area contributed by atoms with Crippen molar-refractivity contribution in [1.82, 2.24) is 5.32 Å². The Bertz CT molecular complexity index is 345. The fraction of sp³-hybridized carbons (Fsp3) is 0.455. The van der Waals surface area contributed by atoms with Gasteiger partial charge in [0.1, 0.15) is 0 Å². The first-order valence-corrected chi connectivity index (χ1v) is 5.99. The lowest BCUT2D eigenvalue weighted by Gasteiger charge is -2.26. The van der Waals surface area contributed by atoms with E-state index in [1.807, 2.05) is 12.1 Å². The van der Waals surface area contributed by atoms with Gasteiger partial charge in [0.15, 0.2) is 0 Å². The van der Waals surface area contributed by atoms with Crippen LogP contribution in [0.1, 0.15) is 25.3 Å². The van der Waals surface area contributed by atoms with Crippen LogP contribution in [0.15, 0.2) is 22.7 Å². The minimum absolute atomic E-state index is 0.0564. The summed E-state index contributed by atoms with van der Waals surface area (Å²) < 4.78 is 1.09. The lowest BCUT2D eigenvalue weighted by Crippen LogP contribution is -2.33. The van der Waals surface area contributed by atoms with Gasteiger partial charge in [-0.1, -0.05) is 27.5 Å². The van der Waals surface area contributed by atoms with Gasteiger partial charge in [-0.25, -0.2) is 0 Å². The smallest absolute Gasteiger partial charge is 0.0457 e. The van der Waals surface area contributed by atoms with E-state index in [0.717, 1.165) is 22.5 Å². The van der Waals surface area contributed by atoms with Gasteiger partial charge in [-0.3, -0.25) is 0 Å². The van der Waals surface area contributed by atoms with E-state index < -0.39 is 0 Å². The Morgan fingerprint density at radius 1 is 1.50 bits per heavy atom. The van der Waals surface area contributed by atoms with Crippen LogP contribution < -0.4 is 5.32 Å². The van der Waals surface area contributed by atoms with Gasteiger partial charge < -0.3 is 5.32 Å². The zero-order valence-electron chi connectivity index (χ0n) is 8.11. The Morgan fingerprint density at radius 2 is 2.29 bits per heavy atom. The fourth-order valence-corrected chi connectivity index (χ4v) is 2.73. The Hall–Kier alpha value is -0.0500. The van der Waals surface area contributed by atoms with E-state index in [1.165, 1.54) is 12.0 Å². The molecule has 3 heteroatoms. The summed E-state index contributed by atoms with van der Waals surface area (Å²) in [7, 11) is 0. The van der Waals surface area contributed by atoms with E-state index in [4.69, 9.17) is 11.6 Å². The molecule has 1 aromatic rings. The van der Waals surface area contributed by atoms with E-state index in [0.29, 0.717) is 0 Å². The molecule has 0 aromatic heterocycles. The first-order valence-electron chi connectivity index (χ1n) is 4.82. The molecule has 0 aliphatic carbocycles. The van der Waals surface area contributed by atoms with Crippen LogP contribution in [0, 0.1) is 0 Å². The SMILES string of the molecule is CC1(c2cc(Br)ccc2Cl)CCCN1. The molecule has 0 spiro atoms. The molecule has 1 aliphatic rings. The predicted molar refractivity (Wildman–Crippen MR) is 63.7 cm³/mol. The Morgan fingerprint density at radius 3 is 2.93 bits per heavy atom. The van der Waals surface area contributed by atoms with Gasteiger partial charge in [0, 0.05) is 15.0 Å². The van der Waals surface area contributed by atoms with E-state index in [1.54, 1.807) is 0 Å². The molecular weight excluding hydrogens is 261 g/mol. The first-order chi connectivity index (χ1) is 6.62. The van der Waals surface area contributed by atoms with Crippen molar-refractivity contribution in [3.05, 3.63) is 33.3 Å². The minimum atomic E-state index is 0.0564. The molecule has 0 radical (unpaired) electrons. The van der Waals surface area contributed by atoms with Crippen LogP contribution in [0.5, 0.6) is 0 Å². The highest BCUT2D eigenvalue weighted by Crippen LogP contribution is 2.36. The standard InChI is InChI=1S/C11H13BrClN/c1-11(5-2-6-14-11)9-7-8(12)3-4-10(9)13/h3-4,7,14H,2,5-6H2,1H3. The van der Waals surface area contributed by atoms with Gasteiger partial charge in [-0.05, 0) is 50.1 Å². The van der Waals surface area contributed by atoms with Crippen molar-refractivity contribution in [3.63, 3.8) is 0 Å². The molecule has 0 amide bonds. The molecule has 1 saturated heterocycles. The van der Waals surface area contributed by atoms with Crippen molar-refractivity contribution >= 4 is 27.5 Å². The van der Waals surface area contributed by atoms with Gasteiger partial charge in [0.05, 0.1) is 0 Å². The van der Waals surface area contributed by atoms with Crippen molar-refractivity contribution in [2.45, 2.75) is 25.3 Å². The second-order valence-corrected chi connectivity index (χ2v) is 5.31. The summed E-state index contributed by atoms with van der Waals surface area (Å²) in [6.45, 7) is 3.30. The van der Waals surface area contributed by atoms with Crippen LogP contribution in [-0.4, -0.2) is 6.54 Å². The molecule has 1 aliphatic heterocycles. The minimum Gasteiger partial charge on any atom is -0.308 e. The quantitative estimate of drug-likeness (QED) is 0.823. The number of nitrogens with one attached hydrogen (secondary N) is 1. The normalized spacial score (nSPS) is 26.8. The Kier molecular flexibility index (Phi) is 2.87. The lowest BCUT2D eigenvalue weighted by molar-refractivity contribution is 0.435. The molecule has 1 unspecified atom stereocenters. The maximum Gasteiger partial charge on any atom is 0.0457 e. The molecule has 1 aromatic carbocycles. The van der Waals surface area contributed by atoms with Crippen LogP contribution in [0.3, 0.4) is 0 Å². The second-order valence-electron chi connectivity index (χ2n) is 3.99. The molecule has 0 bridgehead atoms. The fourth-order valence-electron chi connectivity index (χ4n) is 2.04. The number of rotatable bonds is 1. The molecule has 76 valence electrons. The summed E-state index contributed by atoms with van der Waals surface area (Å²) in [6.07, 6.45) is 2.38. The third-order valence-electron chi connectivity index (χ3n) is 2.89. The maximum absolute atomic E-state index is 6.21. The number of hydrogen-bond donors (Lipinski definition) is 1. The zero-order chi connectivity index (χ0) is 10.2. The Labute approximate surface area is 98.0 Å². The molecule has 1 atom stereocenters. The van der Waals surface area contributed by atoms with E-state index in [9.17, 15) is 0 Å². The average Bonchev–Trinajstić information content (AvgIpc) is 2.58. The summed E-state index contributed by atoms with van der Waals surface area (Å²) in [5.74, 6) is 0. The van der Waals surface area contributed by atoms with E-state index >= 15 is 0 Å². The highest BCUT2D eigenvalue weighted by molar-refractivity contribution is 9.10. The topological polar surface area (TPSA) is 12.0 Å². The number of hydrogen-bond acceptors (Lipinski definition) is 1. The van der Waals surface area contributed by atoms with Crippen LogP contribution in [0.2, 0.25) is 5.02 Å². The molecule has 1 heterocycles. The molecular formula is C11H13BrClN. The summed E-state index contributed by atoms with van der Waals surface area (Å²) >= 11 is 9.69. The molecule has 14 heavy (non-hydrogen) atoms. The molecule has 1 nitrogen and oxygen atoms in total. The zero-order valence-corrected chi connectivity index (χ0v) is 10.5. The van der Waals surface area contributed by atoms with Gasteiger partial charge in [-0.2, -0.15) is 0 Å². The summed E-state index contributed by atoms with van der Waals surface area (Å²) in [4.78, 5) is 0. The third-order valence-corrected chi connectivity index (χ3v) is 3.71. The summed E-state index contributed by atoms with van der Waals surface area (Å²) in [6, 6.07) is 6.04. The third kappa shape index (κ3) is 1.83. The molecule has 0 saturated carbocycles. The number of benzene rings is 1. The van der Waals surface area contributed by atoms with Crippen molar-refractivity contribution in [2.24, 2.45) is 0 Å². The monoisotopic (exact) mass is 273 g/mol. The van der Waals surface area contributed by atoms with Crippen LogP contribution in [-0.2, 0) is 5.54 Å². The van der Waals surface area contributed by atoms with Crippen molar-refractivity contribution in [3.8, 4) is 0 Å². The first kappa shape index (κ1) is 10.5. The lowest BCUT2D eigenvalue weighted by atomic mass is 9.91. The predicted octanol–water partition coefficient (Wildman–Crippen LogP) is 3.70. The van der Waals surface area contributed by atoms with Gasteiger partial charge in [-0.15, -0.1) is 0 Å². The van der Waals surface area contributed by atoms with Crippen LogP contribution in [0.4, 0.5) is 0 Å². The highest BCUT2D eigenvalue weighted by Gasteiger charge is 2.31. The van der Waals surface area contributed by atoms with Gasteiger partial charge >= 0.3 is 0 Å².